The molecule has 0 unspecified atom stereocenters. The quantitative estimate of drug-likeness (QED) is 0.561. The third-order valence-electron chi connectivity index (χ3n) is 3.31. The lowest BCUT2D eigenvalue weighted by Gasteiger charge is -1.99. The van der Waals surface area contributed by atoms with E-state index in [-0.39, 0.29) is 18.1 Å². The normalized spacial score (nSPS) is 10.7. The van der Waals surface area contributed by atoms with Gasteiger partial charge >= 0.3 is 0 Å². The molecule has 3 rings (SSSR count). The van der Waals surface area contributed by atoms with Crippen LogP contribution in [-0.2, 0) is 17.6 Å². The Morgan fingerprint density at radius 2 is 1.83 bits per heavy atom. The molecule has 1 aromatic carbocycles. The number of ketones is 2. The first-order chi connectivity index (χ1) is 11.1. The predicted octanol–water partition coefficient (Wildman–Crippen LogP) is 2.73. The minimum absolute atomic E-state index is 0.0214. The molecular weight excluding hydrogens is 299 g/mol. The number of nitrogens with zero attached hydrogens (tertiary/aromatic N) is 1. The van der Waals surface area contributed by atoms with E-state index in [0.29, 0.717) is 17.9 Å². The summed E-state index contributed by atoms with van der Waals surface area (Å²) in [4.78, 5) is 30.1. The second-order valence-electron chi connectivity index (χ2n) is 5.04. The highest BCUT2D eigenvalue weighted by atomic mass is 19.1. The zero-order valence-corrected chi connectivity index (χ0v) is 12.1. The lowest BCUT2D eigenvalue weighted by Crippen LogP contribution is -2.17. The van der Waals surface area contributed by atoms with Crippen molar-refractivity contribution >= 4 is 11.6 Å². The summed E-state index contributed by atoms with van der Waals surface area (Å²) in [6, 6.07) is 9.50. The molecule has 6 heteroatoms. The van der Waals surface area contributed by atoms with Crippen LogP contribution < -0.4 is 0 Å². The Morgan fingerprint density at radius 1 is 1.09 bits per heavy atom. The fourth-order valence-corrected chi connectivity index (χ4v) is 2.18. The Labute approximate surface area is 131 Å². The summed E-state index contributed by atoms with van der Waals surface area (Å²) in [5.74, 6) is -0.491. The van der Waals surface area contributed by atoms with Crippen molar-refractivity contribution in [3.05, 3.63) is 77.5 Å². The highest BCUT2D eigenvalue weighted by Crippen LogP contribution is 2.15. The summed E-state index contributed by atoms with van der Waals surface area (Å²) >= 11 is 0. The van der Waals surface area contributed by atoms with E-state index >= 15 is 0 Å². The van der Waals surface area contributed by atoms with Crippen LogP contribution in [0.25, 0.3) is 0 Å². The van der Waals surface area contributed by atoms with Gasteiger partial charge < -0.3 is 9.40 Å². The summed E-state index contributed by atoms with van der Waals surface area (Å²) in [5.41, 5.74) is 0.894. The number of imidazole rings is 1. The second kappa shape index (κ2) is 6.39. The molecule has 0 saturated carbocycles. The van der Waals surface area contributed by atoms with Crippen molar-refractivity contribution in [2.24, 2.45) is 0 Å². The molecule has 0 radical (unpaired) electrons. The molecule has 23 heavy (non-hydrogen) atoms. The van der Waals surface area contributed by atoms with Crippen molar-refractivity contribution in [2.45, 2.75) is 12.8 Å². The summed E-state index contributed by atoms with van der Waals surface area (Å²) in [6.07, 6.45) is 3.26. The van der Waals surface area contributed by atoms with Gasteiger partial charge in [-0.1, -0.05) is 12.1 Å². The topological polar surface area (TPSA) is 76.0 Å². The Bertz CT molecular complexity index is 820. The number of benzene rings is 1. The molecule has 2 heterocycles. The Hall–Kier alpha value is -3.02. The largest absolute Gasteiger partial charge is 0.465 e. The van der Waals surface area contributed by atoms with Crippen molar-refractivity contribution < 1.29 is 18.4 Å². The van der Waals surface area contributed by atoms with Crippen LogP contribution in [0.2, 0.25) is 0 Å². The molecule has 1 N–H and O–H groups in total. The third-order valence-corrected chi connectivity index (χ3v) is 3.31. The Morgan fingerprint density at radius 3 is 2.52 bits per heavy atom. The SMILES string of the molecule is O=C(Cc1ccc(Cc2ccc(F)cc2)o1)C(=O)c1ncc[nH]1. The van der Waals surface area contributed by atoms with Gasteiger partial charge in [-0.25, -0.2) is 9.37 Å². The van der Waals surface area contributed by atoms with Crippen LogP contribution in [0.1, 0.15) is 27.7 Å². The maximum absolute atomic E-state index is 12.9. The lowest BCUT2D eigenvalue weighted by atomic mass is 10.1. The number of halogens is 1. The number of aromatic amines is 1. The first-order valence-corrected chi connectivity index (χ1v) is 7.01. The van der Waals surface area contributed by atoms with E-state index < -0.39 is 11.6 Å². The second-order valence-corrected chi connectivity index (χ2v) is 5.04. The number of nitrogens with one attached hydrogen (secondary N) is 1. The van der Waals surface area contributed by atoms with Gasteiger partial charge in [0.2, 0.25) is 5.78 Å². The molecule has 116 valence electrons. The van der Waals surface area contributed by atoms with E-state index in [2.05, 4.69) is 9.97 Å². The standard InChI is InChI=1S/C17H13FN2O3/c18-12-3-1-11(2-4-12)9-13-5-6-14(23-13)10-15(21)16(22)17-19-7-8-20-17/h1-8H,9-10H2,(H,19,20). The molecule has 5 nitrogen and oxygen atoms in total. The first-order valence-electron chi connectivity index (χ1n) is 7.01. The first kappa shape index (κ1) is 14.9. The van der Waals surface area contributed by atoms with Crippen LogP contribution in [0.5, 0.6) is 0 Å². The molecule has 0 aliphatic rings. The van der Waals surface area contributed by atoms with Gasteiger partial charge in [-0.15, -0.1) is 0 Å². The van der Waals surface area contributed by atoms with Gasteiger partial charge in [-0.2, -0.15) is 0 Å². The molecule has 0 fully saturated rings. The fraction of sp³-hybridized carbons (Fsp3) is 0.118. The number of carbonyl (C=O) groups is 2. The van der Waals surface area contributed by atoms with Crippen LogP contribution >= 0.6 is 0 Å². The average Bonchev–Trinajstić information content (AvgIpc) is 3.21. The summed E-state index contributed by atoms with van der Waals surface area (Å²) in [5, 5.41) is 0. The molecule has 0 amide bonds. The van der Waals surface area contributed by atoms with Crippen molar-refractivity contribution in [1.82, 2.24) is 9.97 Å². The molecule has 0 spiro atoms. The zero-order valence-electron chi connectivity index (χ0n) is 12.1. The smallest absolute Gasteiger partial charge is 0.264 e. The van der Waals surface area contributed by atoms with Crippen LogP contribution in [-0.4, -0.2) is 21.5 Å². The van der Waals surface area contributed by atoms with Crippen LogP contribution in [0.15, 0.2) is 53.2 Å². The number of carbonyl (C=O) groups excluding carboxylic acids is 2. The number of Topliss-reactive ketones (excluding diaryl/α,β-unsaturated/α-hetero) is 2. The van der Waals surface area contributed by atoms with E-state index in [1.54, 1.807) is 24.3 Å². The van der Waals surface area contributed by atoms with Gasteiger partial charge in [0, 0.05) is 18.8 Å². The van der Waals surface area contributed by atoms with Crippen molar-refractivity contribution in [2.75, 3.05) is 0 Å². The Kier molecular flexibility index (Phi) is 4.14. The minimum Gasteiger partial charge on any atom is -0.465 e. The van der Waals surface area contributed by atoms with Gasteiger partial charge in [0.25, 0.3) is 5.78 Å². The van der Waals surface area contributed by atoms with Gasteiger partial charge in [-0.05, 0) is 29.8 Å². The minimum atomic E-state index is -0.675. The van der Waals surface area contributed by atoms with E-state index in [9.17, 15) is 14.0 Å². The number of aromatic nitrogens is 2. The van der Waals surface area contributed by atoms with Crippen molar-refractivity contribution in [3.63, 3.8) is 0 Å². The molecule has 0 aliphatic heterocycles. The highest BCUT2D eigenvalue weighted by Gasteiger charge is 2.20. The monoisotopic (exact) mass is 312 g/mol. The van der Waals surface area contributed by atoms with Gasteiger partial charge in [0.1, 0.15) is 17.3 Å². The summed E-state index contributed by atoms with van der Waals surface area (Å²) < 4.78 is 18.4. The average molecular weight is 312 g/mol. The molecule has 3 aromatic rings. The van der Waals surface area contributed by atoms with Crippen molar-refractivity contribution in [1.29, 1.82) is 0 Å². The molecule has 0 saturated heterocycles. The molecule has 0 aliphatic carbocycles. The number of hydrogen-bond acceptors (Lipinski definition) is 4. The van der Waals surface area contributed by atoms with Crippen LogP contribution in [0.4, 0.5) is 4.39 Å². The maximum atomic E-state index is 12.9. The molecular formula is C17H13FN2O3. The Balaban J connectivity index is 1.64. The van der Waals surface area contributed by atoms with E-state index in [4.69, 9.17) is 4.42 Å². The number of rotatable bonds is 6. The molecule has 0 bridgehead atoms. The molecule has 2 aromatic heterocycles. The van der Waals surface area contributed by atoms with Gasteiger partial charge in [0.15, 0.2) is 5.82 Å². The highest BCUT2D eigenvalue weighted by molar-refractivity contribution is 6.43. The summed E-state index contributed by atoms with van der Waals surface area (Å²) in [6.45, 7) is 0. The van der Waals surface area contributed by atoms with E-state index in [1.807, 2.05) is 0 Å². The van der Waals surface area contributed by atoms with Gasteiger partial charge in [0.05, 0.1) is 6.42 Å². The maximum Gasteiger partial charge on any atom is 0.264 e. The number of H-pyrrole nitrogens is 1. The van der Waals surface area contributed by atoms with Gasteiger partial charge in [-0.3, -0.25) is 9.59 Å². The van der Waals surface area contributed by atoms with Crippen molar-refractivity contribution in [3.8, 4) is 0 Å². The fourth-order valence-electron chi connectivity index (χ4n) is 2.18. The predicted molar refractivity (Wildman–Crippen MR) is 79.5 cm³/mol. The number of furan rings is 1. The van der Waals surface area contributed by atoms with Crippen LogP contribution in [0, 0.1) is 5.82 Å². The van der Waals surface area contributed by atoms with Crippen LogP contribution in [0.3, 0.4) is 0 Å². The zero-order chi connectivity index (χ0) is 16.2. The van der Waals surface area contributed by atoms with E-state index in [1.165, 1.54) is 24.5 Å². The third kappa shape index (κ3) is 3.60. The number of hydrogen-bond donors (Lipinski definition) is 1. The molecule has 0 atom stereocenters. The summed E-state index contributed by atoms with van der Waals surface area (Å²) in [7, 11) is 0. The lowest BCUT2D eigenvalue weighted by molar-refractivity contribution is -0.114. The van der Waals surface area contributed by atoms with E-state index in [0.717, 1.165) is 5.56 Å².